The van der Waals surface area contributed by atoms with Gasteiger partial charge in [0.15, 0.2) is 0 Å². The Morgan fingerprint density at radius 3 is 2.62 bits per heavy atom. The summed E-state index contributed by atoms with van der Waals surface area (Å²) >= 11 is 0. The Hall–Kier alpha value is -2.91. The van der Waals surface area contributed by atoms with Crippen molar-refractivity contribution < 1.29 is 8.42 Å². The summed E-state index contributed by atoms with van der Waals surface area (Å²) in [6.45, 7) is 1.40. The maximum atomic E-state index is 13.3. The number of fused-ring (bicyclic) bond motifs is 2. The Labute approximate surface area is 186 Å². The molecule has 1 fully saturated rings. The van der Waals surface area contributed by atoms with Crippen molar-refractivity contribution >= 4 is 31.8 Å². The molecule has 1 saturated carbocycles. The van der Waals surface area contributed by atoms with Crippen molar-refractivity contribution in [1.29, 1.82) is 0 Å². The van der Waals surface area contributed by atoms with Crippen LogP contribution in [0.2, 0.25) is 0 Å². The van der Waals surface area contributed by atoms with Crippen LogP contribution >= 0.6 is 0 Å². The molecule has 0 bridgehead atoms. The molecule has 0 spiro atoms. The minimum atomic E-state index is -3.04. The van der Waals surface area contributed by atoms with Gasteiger partial charge in [0, 0.05) is 48.2 Å². The normalized spacial score (nSPS) is 14.6. The highest BCUT2D eigenvalue weighted by Crippen LogP contribution is 2.36. The minimum Gasteiger partial charge on any atom is -0.343 e. The quantitative estimate of drug-likeness (QED) is 0.441. The minimum absolute atomic E-state index is 0.0221. The molecule has 5 rings (SSSR count). The topological polar surface area (TPSA) is 105 Å². The first-order valence-corrected chi connectivity index (χ1v) is 13.0. The van der Waals surface area contributed by atoms with Crippen molar-refractivity contribution in [2.75, 3.05) is 12.0 Å². The molecule has 4 aromatic rings. The number of aromatic nitrogens is 4. The Morgan fingerprint density at radius 2 is 1.91 bits per heavy atom. The number of rotatable bonds is 8. The Balaban J connectivity index is 1.60. The second kappa shape index (κ2) is 7.90. The van der Waals surface area contributed by atoms with E-state index >= 15 is 0 Å². The van der Waals surface area contributed by atoms with E-state index in [1.54, 1.807) is 17.0 Å². The van der Waals surface area contributed by atoms with Gasteiger partial charge in [0.25, 0.3) is 0 Å². The van der Waals surface area contributed by atoms with Gasteiger partial charge >= 0.3 is 5.69 Å². The molecule has 2 N–H and O–H groups in total. The van der Waals surface area contributed by atoms with Crippen LogP contribution in [0.5, 0.6) is 0 Å². The van der Waals surface area contributed by atoms with E-state index in [0.29, 0.717) is 26.1 Å². The van der Waals surface area contributed by atoms with Gasteiger partial charge in [0.05, 0.1) is 29.5 Å². The SMILES string of the molecule is CS(=O)(=O)CCCn1c(Cn2c(=O)n(C3CC3)c3ccncc32)cc2cc(CN)ccc21. The van der Waals surface area contributed by atoms with Crippen molar-refractivity contribution in [2.24, 2.45) is 5.73 Å². The molecular formula is C23H27N5O3S. The fraction of sp³-hybridized carbons (Fsp3) is 0.391. The molecule has 168 valence electrons. The van der Waals surface area contributed by atoms with E-state index in [9.17, 15) is 13.2 Å². The highest BCUT2D eigenvalue weighted by atomic mass is 32.2. The molecule has 9 heteroatoms. The van der Waals surface area contributed by atoms with Crippen LogP contribution in [0.15, 0.2) is 47.5 Å². The van der Waals surface area contributed by atoms with Crippen molar-refractivity contribution in [3.05, 3.63) is 64.5 Å². The fourth-order valence-electron chi connectivity index (χ4n) is 4.51. The largest absolute Gasteiger partial charge is 0.343 e. The predicted molar refractivity (Wildman–Crippen MR) is 126 cm³/mol. The maximum Gasteiger partial charge on any atom is 0.329 e. The molecule has 0 saturated heterocycles. The summed E-state index contributed by atoms with van der Waals surface area (Å²) in [4.78, 5) is 17.6. The Bertz CT molecular complexity index is 1470. The molecular weight excluding hydrogens is 426 g/mol. The summed E-state index contributed by atoms with van der Waals surface area (Å²) in [6, 6.07) is 10.3. The van der Waals surface area contributed by atoms with E-state index in [1.165, 1.54) is 6.26 Å². The highest BCUT2D eigenvalue weighted by Gasteiger charge is 2.29. The maximum absolute atomic E-state index is 13.3. The Morgan fingerprint density at radius 1 is 1.09 bits per heavy atom. The number of hydrogen-bond donors (Lipinski definition) is 1. The smallest absolute Gasteiger partial charge is 0.329 e. The van der Waals surface area contributed by atoms with Crippen LogP contribution in [0.1, 0.15) is 36.6 Å². The number of nitrogens with zero attached hydrogens (tertiary/aromatic N) is 4. The first-order chi connectivity index (χ1) is 15.4. The zero-order chi connectivity index (χ0) is 22.5. The summed E-state index contributed by atoms with van der Waals surface area (Å²) in [7, 11) is -3.04. The molecule has 3 aromatic heterocycles. The predicted octanol–water partition coefficient (Wildman–Crippen LogP) is 2.43. The first kappa shape index (κ1) is 21.0. The average molecular weight is 454 g/mol. The molecule has 0 atom stereocenters. The number of benzene rings is 1. The van der Waals surface area contributed by atoms with Crippen LogP contribution in [0.25, 0.3) is 21.9 Å². The van der Waals surface area contributed by atoms with Crippen molar-refractivity contribution in [3.8, 4) is 0 Å². The van der Waals surface area contributed by atoms with E-state index in [-0.39, 0.29) is 17.5 Å². The molecule has 1 aromatic carbocycles. The lowest BCUT2D eigenvalue weighted by molar-refractivity contribution is 0.587. The summed E-state index contributed by atoms with van der Waals surface area (Å²) < 4.78 is 29.1. The van der Waals surface area contributed by atoms with Crippen molar-refractivity contribution in [3.63, 3.8) is 0 Å². The lowest BCUT2D eigenvalue weighted by Crippen LogP contribution is -2.25. The van der Waals surface area contributed by atoms with E-state index < -0.39 is 9.84 Å². The number of imidazole rings is 1. The van der Waals surface area contributed by atoms with Gasteiger partial charge in [-0.1, -0.05) is 6.07 Å². The van der Waals surface area contributed by atoms with Gasteiger partial charge < -0.3 is 10.3 Å². The lowest BCUT2D eigenvalue weighted by atomic mass is 10.1. The standard InChI is InChI=1S/C23H27N5O3S/c1-32(30,31)10-2-9-26-19(12-17-11-16(13-24)3-6-20(17)26)15-27-22-14-25-8-7-21(22)28(23(27)29)18-4-5-18/h3,6-8,11-12,14,18H,2,4-5,9-10,13,15,24H2,1H3. The zero-order valence-electron chi connectivity index (χ0n) is 18.1. The second-order valence-electron chi connectivity index (χ2n) is 8.70. The number of aryl methyl sites for hydroxylation is 1. The lowest BCUT2D eigenvalue weighted by Gasteiger charge is -2.12. The Kier molecular flexibility index (Phi) is 5.17. The van der Waals surface area contributed by atoms with E-state index in [0.717, 1.165) is 46.0 Å². The van der Waals surface area contributed by atoms with E-state index in [4.69, 9.17) is 5.73 Å². The second-order valence-corrected chi connectivity index (χ2v) is 11.0. The molecule has 3 heterocycles. The first-order valence-electron chi connectivity index (χ1n) is 10.9. The van der Waals surface area contributed by atoms with E-state index in [2.05, 4.69) is 21.7 Å². The monoisotopic (exact) mass is 453 g/mol. The van der Waals surface area contributed by atoms with Crippen LogP contribution in [0.4, 0.5) is 0 Å². The van der Waals surface area contributed by atoms with Gasteiger partial charge in [-0.2, -0.15) is 0 Å². The van der Waals surface area contributed by atoms with E-state index in [1.807, 2.05) is 22.8 Å². The molecule has 0 radical (unpaired) electrons. The third kappa shape index (κ3) is 3.86. The third-order valence-corrected chi connectivity index (χ3v) is 7.21. The molecule has 0 aliphatic heterocycles. The highest BCUT2D eigenvalue weighted by molar-refractivity contribution is 7.90. The summed E-state index contributed by atoms with van der Waals surface area (Å²) in [5, 5.41) is 1.04. The average Bonchev–Trinajstić information content (AvgIpc) is 3.48. The van der Waals surface area contributed by atoms with Gasteiger partial charge in [-0.05, 0) is 49.1 Å². The molecule has 1 aliphatic carbocycles. The molecule has 8 nitrogen and oxygen atoms in total. The number of nitrogens with two attached hydrogens (primary N) is 1. The van der Waals surface area contributed by atoms with Gasteiger partial charge in [0.1, 0.15) is 9.84 Å². The third-order valence-electron chi connectivity index (χ3n) is 6.18. The number of pyridine rings is 1. The molecule has 32 heavy (non-hydrogen) atoms. The summed E-state index contributed by atoms with van der Waals surface area (Å²) in [6.07, 6.45) is 7.28. The van der Waals surface area contributed by atoms with Crippen LogP contribution in [0, 0.1) is 0 Å². The fourth-order valence-corrected chi connectivity index (χ4v) is 5.16. The summed E-state index contributed by atoms with van der Waals surface area (Å²) in [5.41, 5.74) is 10.5. The van der Waals surface area contributed by atoms with Crippen molar-refractivity contribution in [1.82, 2.24) is 18.7 Å². The van der Waals surface area contributed by atoms with Crippen LogP contribution in [-0.2, 0) is 29.5 Å². The molecule has 0 unspecified atom stereocenters. The van der Waals surface area contributed by atoms with Crippen LogP contribution < -0.4 is 11.4 Å². The van der Waals surface area contributed by atoms with Gasteiger partial charge in [-0.25, -0.2) is 13.2 Å². The van der Waals surface area contributed by atoms with Crippen LogP contribution in [-0.4, -0.2) is 39.1 Å². The van der Waals surface area contributed by atoms with Gasteiger partial charge in [-0.15, -0.1) is 0 Å². The van der Waals surface area contributed by atoms with Crippen molar-refractivity contribution in [2.45, 2.75) is 44.9 Å². The van der Waals surface area contributed by atoms with Gasteiger partial charge in [0.2, 0.25) is 0 Å². The number of sulfone groups is 1. The molecule has 0 amide bonds. The molecule has 1 aliphatic rings. The van der Waals surface area contributed by atoms with Crippen LogP contribution in [0.3, 0.4) is 0 Å². The van der Waals surface area contributed by atoms with Gasteiger partial charge in [-0.3, -0.25) is 14.1 Å². The number of hydrogen-bond acceptors (Lipinski definition) is 5. The summed E-state index contributed by atoms with van der Waals surface area (Å²) in [5.74, 6) is 0.123. The zero-order valence-corrected chi connectivity index (χ0v) is 18.9.